The summed E-state index contributed by atoms with van der Waals surface area (Å²) in [5, 5.41) is 3.97. The lowest BCUT2D eigenvalue weighted by molar-refractivity contribution is 0.782. The van der Waals surface area contributed by atoms with Crippen LogP contribution in [0.4, 0.5) is 0 Å². The predicted octanol–water partition coefficient (Wildman–Crippen LogP) is 1.68. The number of nitrogens with zero attached hydrogens (tertiary/aromatic N) is 1. The van der Waals surface area contributed by atoms with Gasteiger partial charge in [-0.05, 0) is 19.1 Å². The second kappa shape index (κ2) is 4.87. The van der Waals surface area contributed by atoms with Crippen molar-refractivity contribution < 1.29 is 0 Å². The van der Waals surface area contributed by atoms with Gasteiger partial charge in [-0.2, -0.15) is 5.10 Å². The summed E-state index contributed by atoms with van der Waals surface area (Å²) in [6, 6.07) is 7.70. The molecule has 1 aromatic carbocycles. The monoisotopic (exact) mass is 241 g/mol. The van der Waals surface area contributed by atoms with E-state index in [0.717, 1.165) is 16.6 Å². The molecule has 0 saturated heterocycles. The van der Waals surface area contributed by atoms with E-state index in [-0.39, 0.29) is 0 Å². The van der Waals surface area contributed by atoms with E-state index < -0.39 is 0 Å². The highest BCUT2D eigenvalue weighted by atomic mass is 79.9. The molecule has 0 aromatic heterocycles. The molecule has 0 saturated carbocycles. The molecule has 0 aliphatic carbocycles. The molecule has 3 N–H and O–H groups in total. The lowest BCUT2D eigenvalue weighted by Crippen LogP contribution is -2.18. The number of hydrazone groups is 1. The number of nitrogens with one attached hydrogen (secondary N) is 1. The van der Waals surface area contributed by atoms with E-state index in [0.29, 0.717) is 5.84 Å². The first kappa shape index (κ1) is 10.1. The van der Waals surface area contributed by atoms with E-state index in [1.165, 1.54) is 0 Å². The third kappa shape index (κ3) is 3.06. The second-order valence-corrected chi connectivity index (χ2v) is 3.43. The molecule has 1 rings (SSSR count). The highest BCUT2D eigenvalue weighted by molar-refractivity contribution is 9.10. The highest BCUT2D eigenvalue weighted by Crippen LogP contribution is 2.09. The first-order valence-electron chi connectivity index (χ1n) is 4.06. The van der Waals surface area contributed by atoms with Gasteiger partial charge in [0.1, 0.15) is 0 Å². The summed E-state index contributed by atoms with van der Waals surface area (Å²) in [5.74, 6) is 0.509. The maximum Gasteiger partial charge on any atom is 0.150 e. The fraction of sp³-hybridized carbons (Fsp3) is 0.222. The summed E-state index contributed by atoms with van der Waals surface area (Å²) in [6.45, 7) is 2.75. The molecular formula is C9H12BrN3. The largest absolute Gasteiger partial charge is 0.382 e. The van der Waals surface area contributed by atoms with Crippen LogP contribution in [0.1, 0.15) is 12.5 Å². The molecule has 0 radical (unpaired) electrons. The number of halogens is 1. The minimum Gasteiger partial charge on any atom is -0.382 e. The molecular weight excluding hydrogens is 230 g/mol. The van der Waals surface area contributed by atoms with Crippen molar-refractivity contribution in [3.63, 3.8) is 0 Å². The molecule has 0 heterocycles. The Morgan fingerprint density at radius 3 is 2.62 bits per heavy atom. The van der Waals surface area contributed by atoms with Gasteiger partial charge >= 0.3 is 0 Å². The second-order valence-electron chi connectivity index (χ2n) is 2.52. The number of nitrogens with two attached hydrogens (primary N) is 1. The molecule has 0 aliphatic heterocycles. The molecule has 0 fully saturated rings. The molecule has 3 nitrogen and oxygen atoms in total. The molecule has 0 unspecified atom stereocenters. The van der Waals surface area contributed by atoms with Crippen molar-refractivity contribution in [1.82, 2.24) is 5.43 Å². The fourth-order valence-corrected chi connectivity index (χ4v) is 1.11. The Bertz CT molecular complexity index is 292. The van der Waals surface area contributed by atoms with Gasteiger partial charge in [-0.1, -0.05) is 28.1 Å². The molecule has 0 bridgehead atoms. The number of benzene rings is 1. The molecule has 0 aliphatic rings. The molecule has 13 heavy (non-hydrogen) atoms. The Kier molecular flexibility index (Phi) is 3.76. The smallest absolute Gasteiger partial charge is 0.150 e. The van der Waals surface area contributed by atoms with Gasteiger partial charge in [-0.25, -0.2) is 0 Å². The van der Waals surface area contributed by atoms with Crippen LogP contribution < -0.4 is 11.2 Å². The Hall–Kier alpha value is -1.03. The minimum atomic E-state index is 0.509. The third-order valence-electron chi connectivity index (χ3n) is 1.50. The van der Waals surface area contributed by atoms with Crippen molar-refractivity contribution in [1.29, 1.82) is 0 Å². The van der Waals surface area contributed by atoms with Crippen LogP contribution >= 0.6 is 15.9 Å². The van der Waals surface area contributed by atoms with Crippen molar-refractivity contribution in [3.8, 4) is 0 Å². The summed E-state index contributed by atoms with van der Waals surface area (Å²) < 4.78 is 1.03. The number of hydrogen-bond acceptors (Lipinski definition) is 2. The van der Waals surface area contributed by atoms with Gasteiger partial charge in [0, 0.05) is 16.6 Å². The number of rotatable bonds is 3. The SMILES string of the molecule is CCNN=C(N)c1ccc(Br)cc1. The molecule has 0 spiro atoms. The zero-order valence-corrected chi connectivity index (χ0v) is 9.01. The summed E-state index contributed by atoms with van der Waals surface area (Å²) in [5.41, 5.74) is 9.44. The van der Waals surface area contributed by atoms with Crippen LogP contribution in [-0.2, 0) is 0 Å². The summed E-state index contributed by atoms with van der Waals surface area (Å²) in [6.07, 6.45) is 0. The zero-order valence-electron chi connectivity index (χ0n) is 7.42. The molecule has 70 valence electrons. The van der Waals surface area contributed by atoms with Crippen molar-refractivity contribution in [2.75, 3.05) is 6.54 Å². The van der Waals surface area contributed by atoms with E-state index >= 15 is 0 Å². The van der Waals surface area contributed by atoms with Crippen LogP contribution in [0, 0.1) is 0 Å². The Labute approximate surface area is 86.1 Å². The van der Waals surface area contributed by atoms with E-state index in [1.807, 2.05) is 31.2 Å². The van der Waals surface area contributed by atoms with Crippen LogP contribution in [0.5, 0.6) is 0 Å². The summed E-state index contributed by atoms with van der Waals surface area (Å²) in [4.78, 5) is 0. The van der Waals surface area contributed by atoms with E-state index in [4.69, 9.17) is 5.73 Å². The van der Waals surface area contributed by atoms with E-state index in [9.17, 15) is 0 Å². The normalized spacial score (nSPS) is 11.4. The van der Waals surface area contributed by atoms with Gasteiger partial charge in [-0.15, -0.1) is 0 Å². The number of hydrogen-bond donors (Lipinski definition) is 2. The van der Waals surface area contributed by atoms with Gasteiger partial charge in [0.2, 0.25) is 0 Å². The number of amidine groups is 1. The standard InChI is InChI=1S/C9H12BrN3/c1-2-12-13-9(11)7-3-5-8(10)6-4-7/h3-6,12H,2H2,1H3,(H2,11,13). The lowest BCUT2D eigenvalue weighted by Gasteiger charge is -2.00. The lowest BCUT2D eigenvalue weighted by atomic mass is 10.2. The summed E-state index contributed by atoms with van der Waals surface area (Å²) in [7, 11) is 0. The summed E-state index contributed by atoms with van der Waals surface area (Å²) >= 11 is 3.35. The highest BCUT2D eigenvalue weighted by Gasteiger charge is 1.96. The van der Waals surface area contributed by atoms with E-state index in [2.05, 4.69) is 26.5 Å². The first-order valence-corrected chi connectivity index (χ1v) is 4.85. The van der Waals surface area contributed by atoms with Crippen molar-refractivity contribution in [2.45, 2.75) is 6.92 Å². The molecule has 0 atom stereocenters. The maximum atomic E-state index is 5.70. The van der Waals surface area contributed by atoms with Crippen molar-refractivity contribution in [2.24, 2.45) is 10.8 Å². The average Bonchev–Trinajstić information content (AvgIpc) is 2.15. The van der Waals surface area contributed by atoms with Gasteiger partial charge < -0.3 is 11.2 Å². The first-order chi connectivity index (χ1) is 6.24. The van der Waals surface area contributed by atoms with Crippen molar-refractivity contribution >= 4 is 21.8 Å². The quantitative estimate of drug-likeness (QED) is 0.481. The fourth-order valence-electron chi connectivity index (χ4n) is 0.849. The minimum absolute atomic E-state index is 0.509. The maximum absolute atomic E-state index is 5.70. The van der Waals surface area contributed by atoms with Crippen LogP contribution in [0.25, 0.3) is 0 Å². The molecule has 1 aromatic rings. The van der Waals surface area contributed by atoms with Gasteiger partial charge in [0.05, 0.1) is 0 Å². The Balaban J connectivity index is 2.77. The average molecular weight is 242 g/mol. The topological polar surface area (TPSA) is 50.4 Å². The van der Waals surface area contributed by atoms with Crippen LogP contribution in [-0.4, -0.2) is 12.4 Å². The van der Waals surface area contributed by atoms with Crippen molar-refractivity contribution in [3.05, 3.63) is 34.3 Å². The van der Waals surface area contributed by atoms with Gasteiger partial charge in [0.15, 0.2) is 5.84 Å². The van der Waals surface area contributed by atoms with E-state index in [1.54, 1.807) is 0 Å². The zero-order chi connectivity index (χ0) is 9.68. The third-order valence-corrected chi connectivity index (χ3v) is 2.03. The Morgan fingerprint density at radius 2 is 2.08 bits per heavy atom. The van der Waals surface area contributed by atoms with Crippen LogP contribution in [0.3, 0.4) is 0 Å². The van der Waals surface area contributed by atoms with Crippen LogP contribution in [0.2, 0.25) is 0 Å². The Morgan fingerprint density at radius 1 is 1.46 bits per heavy atom. The van der Waals surface area contributed by atoms with Crippen LogP contribution in [0.15, 0.2) is 33.8 Å². The van der Waals surface area contributed by atoms with Gasteiger partial charge in [0.25, 0.3) is 0 Å². The molecule has 4 heteroatoms. The predicted molar refractivity (Wildman–Crippen MR) is 58.5 cm³/mol. The van der Waals surface area contributed by atoms with Gasteiger partial charge in [-0.3, -0.25) is 0 Å². The molecule has 0 amide bonds.